The lowest BCUT2D eigenvalue weighted by molar-refractivity contribution is 0.654. The predicted octanol–water partition coefficient (Wildman–Crippen LogP) is 3.16. The Hall–Kier alpha value is -1.30. The molecule has 1 aromatic heterocycles. The molecule has 1 rings (SSSR count). The summed E-state index contributed by atoms with van der Waals surface area (Å²) in [6.45, 7) is 4.09. The van der Waals surface area contributed by atoms with Gasteiger partial charge in [-0.2, -0.15) is 5.26 Å². The van der Waals surface area contributed by atoms with Gasteiger partial charge < -0.3 is 4.98 Å². The standard InChI is InChI=1S/C12H19N3/c1-3-4-5-6-7-12-14-9-11(15-12)10(2)8-13/h9-10H,3-7H2,1-2H3,(H,14,15). The van der Waals surface area contributed by atoms with Gasteiger partial charge in [-0.05, 0) is 13.3 Å². The lowest BCUT2D eigenvalue weighted by atomic mass is 10.1. The van der Waals surface area contributed by atoms with E-state index < -0.39 is 0 Å². The van der Waals surface area contributed by atoms with Gasteiger partial charge in [-0.15, -0.1) is 0 Å². The van der Waals surface area contributed by atoms with Crippen LogP contribution in [0.5, 0.6) is 0 Å². The van der Waals surface area contributed by atoms with E-state index in [1.54, 1.807) is 6.20 Å². The van der Waals surface area contributed by atoms with E-state index in [1.807, 2.05) is 6.92 Å². The SMILES string of the molecule is CCCCCCc1ncc(C(C)C#N)[nH]1. The molecule has 0 saturated heterocycles. The minimum Gasteiger partial charge on any atom is -0.345 e. The molecule has 1 N–H and O–H groups in total. The Morgan fingerprint density at radius 1 is 1.47 bits per heavy atom. The molecule has 3 heteroatoms. The highest BCUT2D eigenvalue weighted by molar-refractivity contribution is 5.13. The molecule has 0 aliphatic rings. The molecule has 0 radical (unpaired) electrons. The Bertz CT molecular complexity index is 322. The van der Waals surface area contributed by atoms with Crippen molar-refractivity contribution in [3.05, 3.63) is 17.7 Å². The highest BCUT2D eigenvalue weighted by Crippen LogP contribution is 2.12. The topological polar surface area (TPSA) is 52.5 Å². The van der Waals surface area contributed by atoms with Crippen LogP contribution < -0.4 is 0 Å². The molecule has 0 saturated carbocycles. The predicted molar refractivity (Wildman–Crippen MR) is 60.5 cm³/mol. The number of nitriles is 1. The van der Waals surface area contributed by atoms with Gasteiger partial charge in [0.2, 0.25) is 0 Å². The molecule has 15 heavy (non-hydrogen) atoms. The molecule has 0 bridgehead atoms. The number of nitrogens with zero attached hydrogens (tertiary/aromatic N) is 2. The zero-order valence-electron chi connectivity index (χ0n) is 9.58. The monoisotopic (exact) mass is 205 g/mol. The van der Waals surface area contributed by atoms with Gasteiger partial charge in [0.15, 0.2) is 0 Å². The quantitative estimate of drug-likeness (QED) is 0.725. The average Bonchev–Trinajstić information content (AvgIpc) is 2.72. The second kappa shape index (κ2) is 6.23. The number of nitrogens with one attached hydrogen (secondary N) is 1. The van der Waals surface area contributed by atoms with Gasteiger partial charge in [0, 0.05) is 12.6 Å². The summed E-state index contributed by atoms with van der Waals surface area (Å²) in [5.74, 6) is 0.935. The van der Waals surface area contributed by atoms with Crippen molar-refractivity contribution in [1.82, 2.24) is 9.97 Å². The molecule has 0 aliphatic heterocycles. The minimum absolute atomic E-state index is 0.0816. The van der Waals surface area contributed by atoms with Crippen LogP contribution in [-0.2, 0) is 6.42 Å². The van der Waals surface area contributed by atoms with Crippen LogP contribution in [0.3, 0.4) is 0 Å². The van der Waals surface area contributed by atoms with E-state index in [4.69, 9.17) is 5.26 Å². The van der Waals surface area contributed by atoms with Crippen LogP contribution in [0.25, 0.3) is 0 Å². The molecule has 1 unspecified atom stereocenters. The van der Waals surface area contributed by atoms with E-state index in [-0.39, 0.29) is 5.92 Å². The second-order valence-corrected chi connectivity index (χ2v) is 3.95. The highest BCUT2D eigenvalue weighted by atomic mass is 14.9. The van der Waals surface area contributed by atoms with E-state index in [0.717, 1.165) is 17.9 Å². The Balaban J connectivity index is 2.37. The van der Waals surface area contributed by atoms with Crippen molar-refractivity contribution in [3.63, 3.8) is 0 Å². The number of aryl methyl sites for hydroxylation is 1. The minimum atomic E-state index is -0.0816. The Kier molecular flexibility index (Phi) is 4.89. The molecule has 0 spiro atoms. The van der Waals surface area contributed by atoms with E-state index in [9.17, 15) is 0 Å². The lowest BCUT2D eigenvalue weighted by Gasteiger charge is -1.98. The van der Waals surface area contributed by atoms with Crippen LogP contribution in [-0.4, -0.2) is 9.97 Å². The number of hydrogen-bond acceptors (Lipinski definition) is 2. The first-order valence-electron chi connectivity index (χ1n) is 5.71. The van der Waals surface area contributed by atoms with Crippen LogP contribution >= 0.6 is 0 Å². The van der Waals surface area contributed by atoms with Crippen molar-refractivity contribution >= 4 is 0 Å². The summed E-state index contributed by atoms with van der Waals surface area (Å²) in [4.78, 5) is 7.48. The molecule has 3 nitrogen and oxygen atoms in total. The van der Waals surface area contributed by atoms with Gasteiger partial charge in [0.05, 0.1) is 17.7 Å². The van der Waals surface area contributed by atoms with E-state index in [2.05, 4.69) is 23.0 Å². The van der Waals surface area contributed by atoms with Crippen molar-refractivity contribution in [2.45, 2.75) is 51.9 Å². The average molecular weight is 205 g/mol. The number of imidazole rings is 1. The molecular weight excluding hydrogens is 186 g/mol. The van der Waals surface area contributed by atoms with Crippen molar-refractivity contribution in [2.75, 3.05) is 0 Å². The number of unbranched alkanes of at least 4 members (excludes halogenated alkanes) is 3. The third-order valence-corrected chi connectivity index (χ3v) is 2.58. The number of rotatable bonds is 6. The van der Waals surface area contributed by atoms with Crippen molar-refractivity contribution < 1.29 is 0 Å². The fraction of sp³-hybridized carbons (Fsp3) is 0.667. The van der Waals surface area contributed by atoms with Crippen LogP contribution in [0.15, 0.2) is 6.20 Å². The van der Waals surface area contributed by atoms with Crippen LogP contribution in [0.1, 0.15) is 57.0 Å². The molecule has 1 atom stereocenters. The molecule has 0 fully saturated rings. The molecule has 0 amide bonds. The summed E-state index contributed by atoms with van der Waals surface area (Å²) < 4.78 is 0. The van der Waals surface area contributed by atoms with Gasteiger partial charge in [-0.3, -0.25) is 0 Å². The summed E-state index contributed by atoms with van der Waals surface area (Å²) >= 11 is 0. The Morgan fingerprint density at radius 3 is 2.93 bits per heavy atom. The second-order valence-electron chi connectivity index (χ2n) is 3.95. The molecule has 1 heterocycles. The van der Waals surface area contributed by atoms with Crippen LogP contribution in [0.4, 0.5) is 0 Å². The van der Waals surface area contributed by atoms with Gasteiger partial charge in [0.1, 0.15) is 5.82 Å². The van der Waals surface area contributed by atoms with E-state index in [1.165, 1.54) is 25.7 Å². The maximum Gasteiger partial charge on any atom is 0.106 e. The number of H-pyrrole nitrogens is 1. The lowest BCUT2D eigenvalue weighted by Crippen LogP contribution is -1.92. The van der Waals surface area contributed by atoms with Gasteiger partial charge >= 0.3 is 0 Å². The fourth-order valence-electron chi connectivity index (χ4n) is 1.51. The zero-order valence-corrected chi connectivity index (χ0v) is 9.58. The first kappa shape index (κ1) is 11.8. The maximum atomic E-state index is 8.75. The van der Waals surface area contributed by atoms with Crippen LogP contribution in [0.2, 0.25) is 0 Å². The number of aromatic nitrogens is 2. The highest BCUT2D eigenvalue weighted by Gasteiger charge is 2.07. The van der Waals surface area contributed by atoms with Crippen molar-refractivity contribution in [2.24, 2.45) is 0 Å². The fourth-order valence-corrected chi connectivity index (χ4v) is 1.51. The first-order chi connectivity index (χ1) is 7.27. The zero-order chi connectivity index (χ0) is 11.1. The molecule has 0 aromatic carbocycles. The Morgan fingerprint density at radius 2 is 2.27 bits per heavy atom. The smallest absolute Gasteiger partial charge is 0.106 e. The van der Waals surface area contributed by atoms with Crippen LogP contribution in [0, 0.1) is 11.3 Å². The first-order valence-corrected chi connectivity index (χ1v) is 5.71. The molecular formula is C12H19N3. The summed E-state index contributed by atoms with van der Waals surface area (Å²) in [5, 5.41) is 8.75. The maximum absolute atomic E-state index is 8.75. The van der Waals surface area contributed by atoms with Gasteiger partial charge in [-0.25, -0.2) is 4.98 Å². The van der Waals surface area contributed by atoms with Gasteiger partial charge in [0.25, 0.3) is 0 Å². The summed E-state index contributed by atoms with van der Waals surface area (Å²) in [6, 6.07) is 2.20. The molecule has 1 aromatic rings. The largest absolute Gasteiger partial charge is 0.345 e. The summed E-state index contributed by atoms with van der Waals surface area (Å²) in [6.07, 6.45) is 7.78. The third kappa shape index (κ3) is 3.75. The van der Waals surface area contributed by atoms with E-state index in [0.29, 0.717) is 0 Å². The van der Waals surface area contributed by atoms with Crippen molar-refractivity contribution in [1.29, 1.82) is 5.26 Å². The van der Waals surface area contributed by atoms with Gasteiger partial charge in [-0.1, -0.05) is 26.2 Å². The van der Waals surface area contributed by atoms with E-state index >= 15 is 0 Å². The summed E-state index contributed by atoms with van der Waals surface area (Å²) in [5.41, 5.74) is 0.933. The van der Waals surface area contributed by atoms with Crippen molar-refractivity contribution in [3.8, 4) is 6.07 Å². The summed E-state index contributed by atoms with van der Waals surface area (Å²) in [7, 11) is 0. The normalized spacial score (nSPS) is 12.3. The molecule has 82 valence electrons. The molecule has 0 aliphatic carbocycles. The number of hydrogen-bond donors (Lipinski definition) is 1. The Labute approximate surface area is 91.5 Å². The third-order valence-electron chi connectivity index (χ3n) is 2.58. The number of aromatic amines is 1.